The molecule has 0 radical (unpaired) electrons. The molecule has 0 aliphatic carbocycles. The molecule has 11 heteroatoms. The van der Waals surface area contributed by atoms with Gasteiger partial charge in [0.05, 0.1) is 18.6 Å². The number of carbonyl (C=O) groups is 2. The van der Waals surface area contributed by atoms with Gasteiger partial charge < -0.3 is 15.0 Å². The lowest BCUT2D eigenvalue weighted by Crippen LogP contribution is -2.51. The van der Waals surface area contributed by atoms with Crippen LogP contribution in [0.3, 0.4) is 0 Å². The smallest absolute Gasteiger partial charge is 0.244 e. The fraction of sp³-hybridized carbons (Fsp3) is 0.440. The van der Waals surface area contributed by atoms with Crippen LogP contribution in [0.25, 0.3) is 0 Å². The monoisotopic (exact) mass is 557 g/mol. The zero-order valence-electron chi connectivity index (χ0n) is 21.1. The van der Waals surface area contributed by atoms with E-state index < -0.39 is 28.5 Å². The van der Waals surface area contributed by atoms with E-state index in [4.69, 9.17) is 27.9 Å². The summed E-state index contributed by atoms with van der Waals surface area (Å²) >= 11 is 12.7. The van der Waals surface area contributed by atoms with Crippen LogP contribution in [0, 0.1) is 5.92 Å². The maximum Gasteiger partial charge on any atom is 0.244 e. The summed E-state index contributed by atoms with van der Waals surface area (Å²) in [5, 5.41) is 3.49. The van der Waals surface area contributed by atoms with Crippen molar-refractivity contribution in [1.82, 2.24) is 10.2 Å². The van der Waals surface area contributed by atoms with Crippen LogP contribution in [0.4, 0.5) is 5.69 Å². The normalized spacial score (nSPS) is 12.2. The number of nitrogens with one attached hydrogen (secondary N) is 1. The summed E-state index contributed by atoms with van der Waals surface area (Å²) in [7, 11) is -3.84. The topological polar surface area (TPSA) is 96.0 Å². The van der Waals surface area contributed by atoms with E-state index in [1.54, 1.807) is 49.4 Å². The predicted octanol–water partition coefficient (Wildman–Crippen LogP) is 4.35. The summed E-state index contributed by atoms with van der Waals surface area (Å²) in [6.07, 6.45) is 1.02. The van der Waals surface area contributed by atoms with Gasteiger partial charge in [-0.25, -0.2) is 8.42 Å². The molecule has 0 saturated carbocycles. The van der Waals surface area contributed by atoms with Crippen molar-refractivity contribution in [2.75, 3.05) is 30.3 Å². The zero-order chi connectivity index (χ0) is 27.0. The number of anilines is 1. The van der Waals surface area contributed by atoms with E-state index in [1.165, 1.54) is 4.90 Å². The van der Waals surface area contributed by atoms with Crippen molar-refractivity contribution in [1.29, 1.82) is 0 Å². The van der Waals surface area contributed by atoms with Crippen LogP contribution in [0.5, 0.6) is 5.75 Å². The largest absolute Gasteiger partial charge is 0.494 e. The number of sulfonamides is 1. The van der Waals surface area contributed by atoms with E-state index in [1.807, 2.05) is 20.8 Å². The molecule has 0 spiro atoms. The van der Waals surface area contributed by atoms with E-state index in [0.29, 0.717) is 40.2 Å². The molecule has 198 valence electrons. The van der Waals surface area contributed by atoms with Gasteiger partial charge in [0.1, 0.15) is 18.3 Å². The van der Waals surface area contributed by atoms with Crippen LogP contribution < -0.4 is 14.4 Å². The number of hydrogen-bond donors (Lipinski definition) is 1. The van der Waals surface area contributed by atoms with Crippen LogP contribution in [0.1, 0.15) is 33.3 Å². The fourth-order valence-electron chi connectivity index (χ4n) is 3.38. The predicted molar refractivity (Wildman–Crippen MR) is 144 cm³/mol. The quantitative estimate of drug-likeness (QED) is 0.418. The van der Waals surface area contributed by atoms with Gasteiger partial charge in [-0.05, 0) is 56.2 Å². The van der Waals surface area contributed by atoms with Crippen LogP contribution in [-0.2, 0) is 26.2 Å². The fourth-order valence-corrected chi connectivity index (χ4v) is 4.74. The zero-order valence-corrected chi connectivity index (χ0v) is 23.5. The van der Waals surface area contributed by atoms with Crippen molar-refractivity contribution in [2.24, 2.45) is 5.92 Å². The average Bonchev–Trinajstić information content (AvgIpc) is 2.80. The van der Waals surface area contributed by atoms with Crippen molar-refractivity contribution in [3.8, 4) is 5.75 Å². The molecule has 36 heavy (non-hydrogen) atoms. The van der Waals surface area contributed by atoms with Crippen LogP contribution in [-0.4, -0.2) is 57.1 Å². The Kier molecular flexibility index (Phi) is 10.9. The Morgan fingerprint density at radius 3 is 2.11 bits per heavy atom. The Hall–Kier alpha value is -2.49. The minimum absolute atomic E-state index is 0.0749. The molecule has 0 bridgehead atoms. The molecule has 2 amide bonds. The second-order valence-corrected chi connectivity index (χ2v) is 11.5. The van der Waals surface area contributed by atoms with E-state index >= 15 is 0 Å². The summed E-state index contributed by atoms with van der Waals surface area (Å²) in [6.45, 7) is 7.64. The number of nitrogens with zero attached hydrogens (tertiary/aromatic N) is 2. The van der Waals surface area contributed by atoms with Crippen molar-refractivity contribution in [3.05, 3.63) is 58.1 Å². The van der Waals surface area contributed by atoms with Crippen molar-refractivity contribution < 1.29 is 22.7 Å². The van der Waals surface area contributed by atoms with Gasteiger partial charge in [-0.3, -0.25) is 13.9 Å². The summed E-state index contributed by atoms with van der Waals surface area (Å²) < 4.78 is 31.7. The molecule has 8 nitrogen and oxygen atoms in total. The number of carbonyl (C=O) groups excluding carboxylic acids is 2. The second kappa shape index (κ2) is 13.2. The first-order valence-electron chi connectivity index (χ1n) is 11.6. The van der Waals surface area contributed by atoms with Gasteiger partial charge in [-0.1, -0.05) is 43.1 Å². The number of amides is 2. The molecule has 2 rings (SSSR count). The van der Waals surface area contributed by atoms with E-state index in [-0.39, 0.29) is 18.4 Å². The SMILES string of the molecule is CCOc1ccc(N(CC(=O)N(Cc2c(Cl)cccc2Cl)[C@@H](C)C(=O)NCC(C)C)S(C)(=O)=O)cc1. The van der Waals surface area contributed by atoms with Gasteiger partial charge in [0, 0.05) is 28.7 Å². The highest BCUT2D eigenvalue weighted by atomic mass is 35.5. The molecule has 2 aromatic rings. The highest BCUT2D eigenvalue weighted by Crippen LogP contribution is 2.27. The van der Waals surface area contributed by atoms with Gasteiger partial charge in [0.15, 0.2) is 0 Å². The Labute approximate surface area is 223 Å². The van der Waals surface area contributed by atoms with Gasteiger partial charge >= 0.3 is 0 Å². The Bertz CT molecular complexity index is 1140. The lowest BCUT2D eigenvalue weighted by molar-refractivity contribution is -0.139. The highest BCUT2D eigenvalue weighted by molar-refractivity contribution is 7.92. The highest BCUT2D eigenvalue weighted by Gasteiger charge is 2.31. The lowest BCUT2D eigenvalue weighted by Gasteiger charge is -2.32. The molecule has 0 aromatic heterocycles. The molecular weight excluding hydrogens is 525 g/mol. The van der Waals surface area contributed by atoms with Crippen molar-refractivity contribution in [2.45, 2.75) is 40.3 Å². The first-order valence-corrected chi connectivity index (χ1v) is 14.2. The molecule has 0 aliphatic rings. The second-order valence-electron chi connectivity index (χ2n) is 8.73. The minimum Gasteiger partial charge on any atom is -0.494 e. The third-order valence-electron chi connectivity index (χ3n) is 5.36. The summed E-state index contributed by atoms with van der Waals surface area (Å²) in [6, 6.07) is 10.4. The van der Waals surface area contributed by atoms with Gasteiger partial charge in [-0.15, -0.1) is 0 Å². The first-order chi connectivity index (χ1) is 16.8. The van der Waals surface area contributed by atoms with E-state index in [2.05, 4.69) is 5.32 Å². The molecular formula is C25H33Cl2N3O5S. The molecule has 0 heterocycles. The maximum absolute atomic E-state index is 13.6. The molecule has 1 N–H and O–H groups in total. The molecule has 2 aromatic carbocycles. The van der Waals surface area contributed by atoms with Gasteiger partial charge in [0.2, 0.25) is 21.8 Å². The average molecular weight is 559 g/mol. The number of benzene rings is 2. The van der Waals surface area contributed by atoms with E-state index in [9.17, 15) is 18.0 Å². The number of halogens is 2. The minimum atomic E-state index is -3.84. The van der Waals surface area contributed by atoms with Crippen molar-refractivity contribution in [3.63, 3.8) is 0 Å². The lowest BCUT2D eigenvalue weighted by atomic mass is 10.1. The first kappa shape index (κ1) is 29.7. The third-order valence-corrected chi connectivity index (χ3v) is 7.21. The summed E-state index contributed by atoms with van der Waals surface area (Å²) in [4.78, 5) is 27.8. The summed E-state index contributed by atoms with van der Waals surface area (Å²) in [5.41, 5.74) is 0.756. The van der Waals surface area contributed by atoms with Crippen molar-refractivity contribution >= 4 is 50.7 Å². The molecule has 0 saturated heterocycles. The standard InChI is InChI=1S/C25H33Cl2N3O5S/c1-6-35-20-12-10-19(11-13-20)30(36(5,33)34)16-24(31)29(18(4)25(32)28-14-17(2)3)15-21-22(26)8-7-9-23(21)27/h7-13,17-18H,6,14-16H2,1-5H3,(H,28,32)/t18-/m0/s1. The van der Waals surface area contributed by atoms with Crippen LogP contribution in [0.2, 0.25) is 10.0 Å². The van der Waals surface area contributed by atoms with Gasteiger partial charge in [-0.2, -0.15) is 0 Å². The summed E-state index contributed by atoms with van der Waals surface area (Å²) in [5.74, 6) is -0.167. The molecule has 1 atom stereocenters. The Morgan fingerprint density at radius 1 is 1.03 bits per heavy atom. The molecule has 0 fully saturated rings. The van der Waals surface area contributed by atoms with Crippen LogP contribution in [0.15, 0.2) is 42.5 Å². The van der Waals surface area contributed by atoms with Gasteiger partial charge in [0.25, 0.3) is 0 Å². The number of rotatable bonds is 12. The third kappa shape index (κ3) is 8.28. The Balaban J connectivity index is 2.41. The Morgan fingerprint density at radius 2 is 1.61 bits per heavy atom. The molecule has 0 aliphatic heterocycles. The van der Waals surface area contributed by atoms with Crippen LogP contribution >= 0.6 is 23.2 Å². The molecule has 0 unspecified atom stereocenters. The maximum atomic E-state index is 13.6. The van der Waals surface area contributed by atoms with E-state index in [0.717, 1.165) is 10.6 Å². The number of hydrogen-bond acceptors (Lipinski definition) is 5. The number of ether oxygens (including phenoxy) is 1.